The van der Waals surface area contributed by atoms with Gasteiger partial charge < -0.3 is 25.2 Å². The third-order valence-corrected chi connectivity index (χ3v) is 3.43. The minimum absolute atomic E-state index is 0.0144. The number of hydrogen-bond donors (Lipinski definition) is 3. The van der Waals surface area contributed by atoms with Gasteiger partial charge in [-0.3, -0.25) is 4.79 Å². The average Bonchev–Trinajstić information content (AvgIpc) is 2.84. The summed E-state index contributed by atoms with van der Waals surface area (Å²) >= 11 is 0. The van der Waals surface area contributed by atoms with E-state index in [9.17, 15) is 18.8 Å². The zero-order valence-corrected chi connectivity index (χ0v) is 12.7. The van der Waals surface area contributed by atoms with Gasteiger partial charge in [0.1, 0.15) is 11.5 Å². The first-order valence-electron chi connectivity index (χ1n) is 6.90. The van der Waals surface area contributed by atoms with Crippen LogP contribution < -0.4 is 5.32 Å². The molecule has 0 saturated heterocycles. The van der Waals surface area contributed by atoms with E-state index in [4.69, 9.17) is 10.2 Å². The number of anilines is 1. The lowest BCUT2D eigenvalue weighted by Crippen LogP contribution is -2.31. The van der Waals surface area contributed by atoms with Gasteiger partial charge in [0.25, 0.3) is 5.91 Å². The third kappa shape index (κ3) is 3.35. The quantitative estimate of drug-likeness (QED) is 0.634. The second kappa shape index (κ2) is 7.09. The van der Waals surface area contributed by atoms with Crippen LogP contribution in [0.25, 0.3) is 0 Å². The maximum atomic E-state index is 13.4. The normalized spacial score (nSPS) is 14.1. The van der Waals surface area contributed by atoms with Crippen LogP contribution in [0.5, 0.6) is 0 Å². The Morgan fingerprint density at radius 2 is 2.12 bits per heavy atom. The predicted octanol–water partition coefficient (Wildman–Crippen LogP) is 0.197. The van der Waals surface area contributed by atoms with Gasteiger partial charge >= 0.3 is 11.9 Å². The van der Waals surface area contributed by atoms with Crippen molar-refractivity contribution in [1.82, 2.24) is 4.90 Å². The number of benzene rings is 1. The van der Waals surface area contributed by atoms with E-state index in [1.54, 1.807) is 0 Å². The second-order valence-electron chi connectivity index (χ2n) is 4.92. The van der Waals surface area contributed by atoms with Crippen LogP contribution in [0.2, 0.25) is 0 Å². The van der Waals surface area contributed by atoms with Crippen molar-refractivity contribution in [2.24, 2.45) is 0 Å². The third-order valence-electron chi connectivity index (χ3n) is 3.43. The van der Waals surface area contributed by atoms with Crippen LogP contribution in [0.1, 0.15) is 10.4 Å². The zero-order valence-electron chi connectivity index (χ0n) is 12.7. The van der Waals surface area contributed by atoms with E-state index in [2.05, 4.69) is 10.1 Å². The summed E-state index contributed by atoms with van der Waals surface area (Å²) in [6.07, 6.45) is 0. The number of amides is 1. The van der Waals surface area contributed by atoms with Crippen LogP contribution in [0, 0.1) is 5.82 Å². The van der Waals surface area contributed by atoms with Crippen molar-refractivity contribution in [2.75, 3.05) is 32.1 Å². The number of halogens is 1. The molecule has 3 N–H and O–H groups in total. The smallest absolute Gasteiger partial charge is 0.337 e. The fourth-order valence-corrected chi connectivity index (χ4v) is 2.29. The fraction of sp³-hybridized carbons (Fsp3) is 0.267. The first-order valence-corrected chi connectivity index (χ1v) is 6.90. The number of nitrogens with one attached hydrogen (secondary N) is 1. The number of carbonyl (C=O) groups is 3. The number of nitrogens with zero attached hydrogens (tertiary/aromatic N) is 1. The number of esters is 1. The van der Waals surface area contributed by atoms with Crippen molar-refractivity contribution < 1.29 is 33.7 Å². The Hall–Kier alpha value is -2.94. The summed E-state index contributed by atoms with van der Waals surface area (Å²) < 4.78 is 18.0. The number of aliphatic hydroxyl groups is 1. The minimum Gasteiger partial charge on any atom is -0.478 e. The van der Waals surface area contributed by atoms with Gasteiger partial charge in [-0.15, -0.1) is 0 Å². The molecule has 1 heterocycles. The molecule has 8 nitrogen and oxygen atoms in total. The fourth-order valence-electron chi connectivity index (χ4n) is 2.29. The number of β-amino-alcohol motifs (C(OH)–C–C–N with tert-alkyl or cyclic N) is 1. The highest BCUT2D eigenvalue weighted by Gasteiger charge is 2.35. The molecule has 0 spiro atoms. The molecule has 0 aromatic heterocycles. The van der Waals surface area contributed by atoms with Crippen molar-refractivity contribution in [3.05, 3.63) is 40.8 Å². The molecule has 0 fully saturated rings. The molecule has 0 atom stereocenters. The van der Waals surface area contributed by atoms with Crippen LogP contribution in [-0.2, 0) is 14.3 Å². The topological polar surface area (TPSA) is 116 Å². The molecule has 128 valence electrons. The summed E-state index contributed by atoms with van der Waals surface area (Å²) in [4.78, 5) is 36.6. The number of aromatic carboxylic acids is 1. The van der Waals surface area contributed by atoms with E-state index in [0.717, 1.165) is 25.3 Å². The molecule has 0 radical (unpaired) electrons. The maximum absolute atomic E-state index is 13.4. The first kappa shape index (κ1) is 17.4. The van der Waals surface area contributed by atoms with Crippen LogP contribution in [0.15, 0.2) is 29.5 Å². The number of rotatable bonds is 6. The monoisotopic (exact) mass is 338 g/mol. The summed E-state index contributed by atoms with van der Waals surface area (Å²) in [7, 11) is 1.14. The predicted molar refractivity (Wildman–Crippen MR) is 79.7 cm³/mol. The molecule has 1 aliphatic heterocycles. The Balaban J connectivity index is 2.44. The van der Waals surface area contributed by atoms with Crippen LogP contribution >= 0.6 is 0 Å². The number of methoxy groups -OCH3 is 1. The number of carboxylic acids is 1. The van der Waals surface area contributed by atoms with Crippen molar-refractivity contribution in [3.8, 4) is 0 Å². The zero-order chi connectivity index (χ0) is 17.9. The van der Waals surface area contributed by atoms with Crippen LogP contribution in [0.3, 0.4) is 0 Å². The second-order valence-corrected chi connectivity index (χ2v) is 4.92. The van der Waals surface area contributed by atoms with Crippen molar-refractivity contribution >= 4 is 23.5 Å². The molecule has 1 aliphatic rings. The number of carboxylic acid groups (broad SMARTS) is 1. The molecular formula is C15H15FN2O6. The van der Waals surface area contributed by atoms with Gasteiger partial charge in [-0.05, 0) is 18.2 Å². The van der Waals surface area contributed by atoms with Gasteiger partial charge in [-0.2, -0.15) is 0 Å². The molecule has 1 amide bonds. The summed E-state index contributed by atoms with van der Waals surface area (Å²) in [5.74, 6) is -3.43. The maximum Gasteiger partial charge on any atom is 0.337 e. The highest BCUT2D eigenvalue weighted by atomic mass is 19.1. The highest BCUT2D eigenvalue weighted by molar-refractivity contribution is 6.09. The molecule has 0 aliphatic carbocycles. The Morgan fingerprint density at radius 1 is 1.42 bits per heavy atom. The number of carbonyl (C=O) groups excluding carboxylic acids is 2. The highest BCUT2D eigenvalue weighted by Crippen LogP contribution is 2.25. The number of ether oxygens (including phenoxy) is 1. The van der Waals surface area contributed by atoms with E-state index in [1.807, 2.05) is 0 Å². The summed E-state index contributed by atoms with van der Waals surface area (Å²) in [5, 5.41) is 20.7. The molecule has 1 aromatic rings. The van der Waals surface area contributed by atoms with E-state index in [1.165, 1.54) is 4.90 Å². The number of aliphatic hydroxyl groups excluding tert-OH is 1. The SMILES string of the molecule is COC(=O)C1=C(Nc2cc(F)ccc2C(=O)O)C(=O)N(CCO)C1. The largest absolute Gasteiger partial charge is 0.478 e. The molecule has 0 saturated carbocycles. The first-order chi connectivity index (χ1) is 11.4. The summed E-state index contributed by atoms with van der Waals surface area (Å²) in [5.41, 5.74) is -0.667. The molecule has 9 heteroatoms. The van der Waals surface area contributed by atoms with Crippen LogP contribution in [0.4, 0.5) is 10.1 Å². The van der Waals surface area contributed by atoms with E-state index >= 15 is 0 Å². The number of hydrogen-bond acceptors (Lipinski definition) is 6. The molecular weight excluding hydrogens is 323 g/mol. The summed E-state index contributed by atoms with van der Waals surface area (Å²) in [6, 6.07) is 2.93. The van der Waals surface area contributed by atoms with E-state index in [-0.39, 0.29) is 42.2 Å². The van der Waals surface area contributed by atoms with Gasteiger partial charge in [0.05, 0.1) is 37.1 Å². The standard InChI is InChI=1S/C15H15FN2O6/c1-24-15(23)10-7-18(4-5-19)13(20)12(10)17-11-6-8(16)2-3-9(11)14(21)22/h2-3,6,17,19H,4-5,7H2,1H3,(H,21,22). The lowest BCUT2D eigenvalue weighted by atomic mass is 10.1. The Kier molecular flexibility index (Phi) is 5.14. The molecule has 2 rings (SSSR count). The van der Waals surface area contributed by atoms with Gasteiger partial charge in [-0.25, -0.2) is 14.0 Å². The Morgan fingerprint density at radius 3 is 2.71 bits per heavy atom. The average molecular weight is 338 g/mol. The van der Waals surface area contributed by atoms with Gasteiger partial charge in [0.2, 0.25) is 0 Å². The molecule has 0 bridgehead atoms. The Bertz CT molecular complexity index is 731. The van der Waals surface area contributed by atoms with Gasteiger partial charge in [0, 0.05) is 6.54 Å². The van der Waals surface area contributed by atoms with E-state index < -0.39 is 23.7 Å². The lowest BCUT2D eigenvalue weighted by molar-refractivity contribution is -0.136. The van der Waals surface area contributed by atoms with Crippen molar-refractivity contribution in [2.45, 2.75) is 0 Å². The minimum atomic E-state index is -1.32. The lowest BCUT2D eigenvalue weighted by Gasteiger charge is -2.15. The molecule has 24 heavy (non-hydrogen) atoms. The van der Waals surface area contributed by atoms with Crippen molar-refractivity contribution in [3.63, 3.8) is 0 Å². The molecule has 0 unspecified atom stereocenters. The van der Waals surface area contributed by atoms with E-state index in [0.29, 0.717) is 0 Å². The summed E-state index contributed by atoms with van der Waals surface area (Å²) in [6.45, 7) is -0.431. The Labute approximate surface area is 136 Å². The molecule has 1 aromatic carbocycles. The van der Waals surface area contributed by atoms with Crippen molar-refractivity contribution in [1.29, 1.82) is 0 Å². The van der Waals surface area contributed by atoms with Gasteiger partial charge in [-0.1, -0.05) is 0 Å². The van der Waals surface area contributed by atoms with Crippen LogP contribution in [-0.4, -0.2) is 59.8 Å². The van der Waals surface area contributed by atoms with Gasteiger partial charge in [0.15, 0.2) is 0 Å².